The number of pyridine rings is 1. The Morgan fingerprint density at radius 1 is 1.11 bits per heavy atom. The number of hydrogen-bond acceptors (Lipinski definition) is 5. The quantitative estimate of drug-likeness (QED) is 0.503. The van der Waals surface area contributed by atoms with E-state index in [1.54, 1.807) is 21.8 Å². The standard InChI is InChI=1S/C29H37FN6O2/c1-19-12-24(30)26(33-28(37)36-7-6-22(18-36)29(2,3)4)15-23(19)20-13-25(21-16-31-34(5)17-21)32-27(14-20)35-8-10-38-11-9-35/h12-17,22H,6-11,18H2,1-5H3,(H,33,37)/t22-/m0/s1. The fraction of sp³-hybridized carbons (Fsp3) is 0.483. The molecule has 2 aromatic heterocycles. The number of ether oxygens (including phenoxy) is 1. The Labute approximate surface area is 223 Å². The first-order valence-electron chi connectivity index (χ1n) is 13.3. The molecule has 0 saturated carbocycles. The molecule has 0 bridgehead atoms. The molecule has 0 unspecified atom stereocenters. The van der Waals surface area contributed by atoms with Crippen molar-refractivity contribution in [2.75, 3.05) is 49.6 Å². The zero-order valence-corrected chi connectivity index (χ0v) is 22.9. The Balaban J connectivity index is 1.48. The molecule has 2 aliphatic rings. The molecule has 8 nitrogen and oxygen atoms in total. The van der Waals surface area contributed by atoms with Crippen molar-refractivity contribution in [3.8, 4) is 22.4 Å². The molecule has 0 radical (unpaired) electrons. The number of rotatable bonds is 4. The number of hydrogen-bond donors (Lipinski definition) is 1. The van der Waals surface area contributed by atoms with E-state index in [9.17, 15) is 4.79 Å². The summed E-state index contributed by atoms with van der Waals surface area (Å²) in [5.41, 5.74) is 4.53. The third kappa shape index (κ3) is 5.53. The smallest absolute Gasteiger partial charge is 0.321 e. The lowest BCUT2D eigenvalue weighted by atomic mass is 9.80. The number of carbonyl (C=O) groups is 1. The van der Waals surface area contributed by atoms with Crippen LogP contribution >= 0.6 is 0 Å². The number of morpholine rings is 1. The largest absolute Gasteiger partial charge is 0.378 e. The average Bonchev–Trinajstić information content (AvgIpc) is 3.56. The molecule has 4 heterocycles. The highest BCUT2D eigenvalue weighted by molar-refractivity contribution is 5.91. The molecule has 3 aromatic rings. The first kappa shape index (κ1) is 26.2. The molecule has 202 valence electrons. The van der Waals surface area contributed by atoms with Gasteiger partial charge in [0.1, 0.15) is 11.6 Å². The predicted molar refractivity (Wildman–Crippen MR) is 148 cm³/mol. The van der Waals surface area contributed by atoms with Crippen LogP contribution in [-0.4, -0.2) is 65.1 Å². The van der Waals surface area contributed by atoms with Gasteiger partial charge in [-0.15, -0.1) is 0 Å². The number of urea groups is 1. The van der Waals surface area contributed by atoms with Crippen molar-refractivity contribution < 1.29 is 13.9 Å². The normalized spacial score (nSPS) is 18.2. The van der Waals surface area contributed by atoms with Crippen LogP contribution in [0.15, 0.2) is 36.7 Å². The predicted octanol–water partition coefficient (Wildman–Crippen LogP) is 5.33. The molecular weight excluding hydrogens is 483 g/mol. The lowest BCUT2D eigenvalue weighted by molar-refractivity contribution is 0.122. The average molecular weight is 521 g/mol. The van der Waals surface area contributed by atoms with E-state index in [4.69, 9.17) is 9.72 Å². The topological polar surface area (TPSA) is 75.5 Å². The van der Waals surface area contributed by atoms with Crippen molar-refractivity contribution in [2.24, 2.45) is 18.4 Å². The maximum Gasteiger partial charge on any atom is 0.321 e. The van der Waals surface area contributed by atoms with E-state index in [0.29, 0.717) is 32.2 Å². The van der Waals surface area contributed by atoms with E-state index in [1.807, 2.05) is 32.3 Å². The second-order valence-corrected chi connectivity index (χ2v) is 11.5. The summed E-state index contributed by atoms with van der Waals surface area (Å²) >= 11 is 0. The Morgan fingerprint density at radius 2 is 1.87 bits per heavy atom. The van der Waals surface area contributed by atoms with Crippen LogP contribution in [-0.2, 0) is 11.8 Å². The molecule has 2 amide bonds. The number of carbonyl (C=O) groups excluding carboxylic acids is 1. The van der Waals surface area contributed by atoms with Crippen LogP contribution in [0.2, 0.25) is 0 Å². The number of nitrogens with zero attached hydrogens (tertiary/aromatic N) is 5. The highest BCUT2D eigenvalue weighted by Crippen LogP contribution is 2.36. The first-order valence-corrected chi connectivity index (χ1v) is 13.3. The zero-order valence-electron chi connectivity index (χ0n) is 22.9. The van der Waals surface area contributed by atoms with Gasteiger partial charge >= 0.3 is 6.03 Å². The molecule has 2 saturated heterocycles. The SMILES string of the molecule is Cc1cc(F)c(NC(=O)N2CC[C@H](C(C)(C)C)C2)cc1-c1cc(-c2cnn(C)c2)nc(N2CCOCC2)c1. The Bertz CT molecular complexity index is 1330. The summed E-state index contributed by atoms with van der Waals surface area (Å²) in [5.74, 6) is 0.818. The van der Waals surface area contributed by atoms with E-state index < -0.39 is 5.82 Å². The summed E-state index contributed by atoms with van der Waals surface area (Å²) in [6.45, 7) is 12.6. The van der Waals surface area contributed by atoms with Gasteiger partial charge in [0.2, 0.25) is 0 Å². The lowest BCUT2D eigenvalue weighted by Gasteiger charge is -2.28. The van der Waals surface area contributed by atoms with Crippen molar-refractivity contribution in [1.82, 2.24) is 19.7 Å². The van der Waals surface area contributed by atoms with Gasteiger partial charge in [0, 0.05) is 45.0 Å². The van der Waals surface area contributed by atoms with Crippen molar-refractivity contribution in [1.29, 1.82) is 0 Å². The third-order valence-corrected chi connectivity index (χ3v) is 7.71. The fourth-order valence-electron chi connectivity index (χ4n) is 5.25. The van der Waals surface area contributed by atoms with Crippen molar-refractivity contribution in [3.05, 3.63) is 48.0 Å². The van der Waals surface area contributed by atoms with Gasteiger partial charge in [0.25, 0.3) is 0 Å². The summed E-state index contributed by atoms with van der Waals surface area (Å²) < 4.78 is 22.4. The third-order valence-electron chi connectivity index (χ3n) is 7.71. The number of anilines is 2. The van der Waals surface area contributed by atoms with E-state index >= 15 is 4.39 Å². The number of benzene rings is 1. The number of halogens is 1. The van der Waals surface area contributed by atoms with E-state index in [2.05, 4.69) is 36.1 Å². The number of likely N-dealkylation sites (tertiary alicyclic amines) is 1. The molecule has 1 aromatic carbocycles. The second-order valence-electron chi connectivity index (χ2n) is 11.5. The van der Waals surface area contributed by atoms with E-state index in [-0.39, 0.29) is 17.1 Å². The molecule has 1 N–H and O–H groups in total. The molecule has 38 heavy (non-hydrogen) atoms. The van der Waals surface area contributed by atoms with Gasteiger partial charge in [-0.3, -0.25) is 4.68 Å². The van der Waals surface area contributed by atoms with Crippen LogP contribution < -0.4 is 10.2 Å². The molecule has 5 rings (SSSR count). The lowest BCUT2D eigenvalue weighted by Crippen LogP contribution is -2.36. The highest BCUT2D eigenvalue weighted by Gasteiger charge is 2.34. The Morgan fingerprint density at radius 3 is 2.53 bits per heavy atom. The minimum absolute atomic E-state index is 0.128. The van der Waals surface area contributed by atoms with Gasteiger partial charge in [-0.1, -0.05) is 20.8 Å². The maximum absolute atomic E-state index is 15.1. The van der Waals surface area contributed by atoms with E-state index in [1.165, 1.54) is 6.07 Å². The molecule has 9 heteroatoms. The second kappa shape index (κ2) is 10.4. The molecule has 2 aliphatic heterocycles. The molecule has 2 fully saturated rings. The van der Waals surface area contributed by atoms with Gasteiger partial charge in [-0.2, -0.15) is 5.10 Å². The maximum atomic E-state index is 15.1. The number of aryl methyl sites for hydroxylation is 2. The highest BCUT2D eigenvalue weighted by atomic mass is 19.1. The number of aromatic nitrogens is 3. The van der Waals surface area contributed by atoms with Crippen molar-refractivity contribution >= 4 is 17.5 Å². The monoisotopic (exact) mass is 520 g/mol. The summed E-state index contributed by atoms with van der Waals surface area (Å²) in [7, 11) is 1.87. The summed E-state index contributed by atoms with van der Waals surface area (Å²) in [6, 6.07) is 7.01. The van der Waals surface area contributed by atoms with E-state index in [0.717, 1.165) is 53.3 Å². The van der Waals surface area contributed by atoms with Crippen LogP contribution in [0.25, 0.3) is 22.4 Å². The van der Waals surface area contributed by atoms with Crippen LogP contribution in [0.5, 0.6) is 0 Å². The Kier molecular flexibility index (Phi) is 7.13. The summed E-state index contributed by atoms with van der Waals surface area (Å²) in [5, 5.41) is 7.16. The summed E-state index contributed by atoms with van der Waals surface area (Å²) in [6.07, 6.45) is 4.68. The summed E-state index contributed by atoms with van der Waals surface area (Å²) in [4.78, 5) is 22.0. The molecule has 1 atom stereocenters. The number of amides is 2. The Hall–Kier alpha value is -3.46. The molecule has 0 spiro atoms. The van der Waals surface area contributed by atoms with Gasteiger partial charge < -0.3 is 19.9 Å². The van der Waals surface area contributed by atoms with Gasteiger partial charge in [0.05, 0.1) is 30.8 Å². The first-order chi connectivity index (χ1) is 18.1. The molecular formula is C29H37FN6O2. The van der Waals surface area contributed by atoms with Crippen LogP contribution in [0.4, 0.5) is 20.7 Å². The fourth-order valence-corrected chi connectivity index (χ4v) is 5.25. The van der Waals surface area contributed by atoms with Crippen LogP contribution in [0.3, 0.4) is 0 Å². The van der Waals surface area contributed by atoms with Gasteiger partial charge in [-0.25, -0.2) is 14.2 Å². The van der Waals surface area contributed by atoms with Crippen LogP contribution in [0, 0.1) is 24.1 Å². The number of nitrogens with one attached hydrogen (secondary N) is 1. The van der Waals surface area contributed by atoms with Crippen molar-refractivity contribution in [2.45, 2.75) is 34.1 Å². The van der Waals surface area contributed by atoms with Crippen LogP contribution in [0.1, 0.15) is 32.8 Å². The minimum Gasteiger partial charge on any atom is -0.378 e. The minimum atomic E-state index is -0.443. The van der Waals surface area contributed by atoms with Gasteiger partial charge in [-0.05, 0) is 65.6 Å². The zero-order chi connectivity index (χ0) is 27.0. The molecule has 0 aliphatic carbocycles. The van der Waals surface area contributed by atoms with Crippen molar-refractivity contribution in [3.63, 3.8) is 0 Å². The van der Waals surface area contributed by atoms with Gasteiger partial charge in [0.15, 0.2) is 0 Å².